The van der Waals surface area contributed by atoms with Crippen molar-refractivity contribution in [2.24, 2.45) is 10.2 Å². The van der Waals surface area contributed by atoms with E-state index < -0.39 is 0 Å². The van der Waals surface area contributed by atoms with E-state index in [-0.39, 0.29) is 0 Å². The Labute approximate surface area is 76.5 Å². The molecular formula is C10H22N2. The molecule has 0 N–H and O–H groups in total. The lowest BCUT2D eigenvalue weighted by molar-refractivity contribution is 0.672. The van der Waals surface area contributed by atoms with E-state index in [4.69, 9.17) is 0 Å². The monoisotopic (exact) mass is 170 g/mol. The van der Waals surface area contributed by atoms with Crippen LogP contribution in [0.4, 0.5) is 0 Å². The molecule has 0 aromatic rings. The van der Waals surface area contributed by atoms with Crippen molar-refractivity contribution in [2.45, 2.75) is 52.4 Å². The smallest absolute Gasteiger partial charge is 0.0598 e. The van der Waals surface area contributed by atoms with Gasteiger partial charge in [0.1, 0.15) is 0 Å². The number of hydrogen-bond donors (Lipinski definition) is 0. The highest BCUT2D eigenvalue weighted by Crippen LogP contribution is 1.96. The van der Waals surface area contributed by atoms with Crippen LogP contribution in [-0.2, 0) is 0 Å². The minimum absolute atomic E-state index is 0.931. The third kappa shape index (κ3) is 9.60. The molecule has 0 bridgehead atoms. The molecule has 0 atom stereocenters. The maximum Gasteiger partial charge on any atom is 0.0598 e. The van der Waals surface area contributed by atoms with E-state index in [1.54, 1.807) is 0 Å². The molecule has 0 aliphatic rings. The molecule has 0 aromatic carbocycles. The van der Waals surface area contributed by atoms with Gasteiger partial charge in [0, 0.05) is 0 Å². The van der Waals surface area contributed by atoms with Crippen LogP contribution in [0, 0.1) is 0 Å². The van der Waals surface area contributed by atoms with E-state index in [1.807, 2.05) is 0 Å². The molecule has 2 nitrogen and oxygen atoms in total. The Bertz CT molecular complexity index is 88.0. The fraction of sp³-hybridized carbons (Fsp3) is 1.00. The first-order valence-corrected chi connectivity index (χ1v) is 5.25. The highest BCUT2D eigenvalue weighted by molar-refractivity contribution is 4.44. The van der Waals surface area contributed by atoms with Crippen LogP contribution >= 0.6 is 0 Å². The summed E-state index contributed by atoms with van der Waals surface area (Å²) < 4.78 is 0. The lowest BCUT2D eigenvalue weighted by Gasteiger charge is -1.92. The average Bonchev–Trinajstić information content (AvgIpc) is 2.10. The molecule has 0 amide bonds. The molecule has 0 saturated carbocycles. The fourth-order valence-corrected chi connectivity index (χ4v) is 1.01. The highest BCUT2D eigenvalue weighted by Gasteiger charge is 1.84. The van der Waals surface area contributed by atoms with Gasteiger partial charge in [0.2, 0.25) is 0 Å². The maximum atomic E-state index is 4.11. The first-order valence-electron chi connectivity index (χ1n) is 5.25. The Kier molecular flexibility index (Phi) is 10.2. The zero-order valence-electron chi connectivity index (χ0n) is 8.55. The van der Waals surface area contributed by atoms with E-state index in [9.17, 15) is 0 Å². The van der Waals surface area contributed by atoms with Crippen LogP contribution in [0.2, 0.25) is 0 Å². The fourth-order valence-electron chi connectivity index (χ4n) is 1.01. The number of nitrogens with zero attached hydrogens (tertiary/aromatic N) is 2. The topological polar surface area (TPSA) is 24.7 Å². The second-order valence-electron chi connectivity index (χ2n) is 3.14. The molecule has 0 aliphatic carbocycles. The second-order valence-corrected chi connectivity index (χ2v) is 3.14. The number of rotatable bonds is 8. The van der Waals surface area contributed by atoms with Crippen LogP contribution in [0.25, 0.3) is 0 Å². The lowest BCUT2D eigenvalue weighted by Crippen LogP contribution is -1.82. The molecule has 0 unspecified atom stereocenters. The quantitative estimate of drug-likeness (QED) is 0.391. The molecule has 0 rings (SSSR count). The summed E-state index contributed by atoms with van der Waals surface area (Å²) in [4.78, 5) is 0. The van der Waals surface area contributed by atoms with Crippen molar-refractivity contribution in [2.75, 3.05) is 13.1 Å². The van der Waals surface area contributed by atoms with Crippen LogP contribution in [0.3, 0.4) is 0 Å². The molecule has 12 heavy (non-hydrogen) atoms. The average molecular weight is 170 g/mol. The first-order chi connectivity index (χ1) is 5.91. The summed E-state index contributed by atoms with van der Waals surface area (Å²) in [5.41, 5.74) is 0. The molecule has 0 fully saturated rings. The third-order valence-electron chi connectivity index (χ3n) is 1.82. The van der Waals surface area contributed by atoms with Crippen molar-refractivity contribution < 1.29 is 0 Å². The van der Waals surface area contributed by atoms with Gasteiger partial charge in [-0.2, -0.15) is 10.2 Å². The van der Waals surface area contributed by atoms with Crippen LogP contribution in [0.5, 0.6) is 0 Å². The van der Waals surface area contributed by atoms with Gasteiger partial charge < -0.3 is 0 Å². The van der Waals surface area contributed by atoms with Crippen LogP contribution in [0.15, 0.2) is 10.2 Å². The summed E-state index contributed by atoms with van der Waals surface area (Å²) in [5.74, 6) is 0. The van der Waals surface area contributed by atoms with Gasteiger partial charge in [-0.25, -0.2) is 0 Å². The Balaban J connectivity index is 2.93. The molecular weight excluding hydrogens is 148 g/mol. The first kappa shape index (κ1) is 11.6. The molecule has 0 heterocycles. The van der Waals surface area contributed by atoms with Gasteiger partial charge in [-0.15, -0.1) is 0 Å². The molecule has 2 heteroatoms. The van der Waals surface area contributed by atoms with E-state index in [2.05, 4.69) is 24.1 Å². The van der Waals surface area contributed by atoms with Gasteiger partial charge in [-0.05, 0) is 12.8 Å². The maximum absolute atomic E-state index is 4.11. The van der Waals surface area contributed by atoms with Gasteiger partial charge in [0.25, 0.3) is 0 Å². The van der Waals surface area contributed by atoms with Crippen LogP contribution in [-0.4, -0.2) is 13.1 Å². The van der Waals surface area contributed by atoms with Crippen LogP contribution in [0.1, 0.15) is 52.4 Å². The summed E-state index contributed by atoms with van der Waals surface area (Å²) >= 11 is 0. The molecule has 0 aromatic heterocycles. The summed E-state index contributed by atoms with van der Waals surface area (Å²) in [5, 5.41) is 8.21. The summed E-state index contributed by atoms with van der Waals surface area (Å²) in [6.07, 6.45) is 7.51. The predicted molar refractivity (Wildman–Crippen MR) is 53.6 cm³/mol. The molecule has 0 aliphatic heterocycles. The molecule has 0 radical (unpaired) electrons. The highest BCUT2D eigenvalue weighted by atomic mass is 15.1. The minimum atomic E-state index is 0.931. The van der Waals surface area contributed by atoms with Crippen molar-refractivity contribution in [3.8, 4) is 0 Å². The van der Waals surface area contributed by atoms with Gasteiger partial charge in [0.05, 0.1) is 13.1 Å². The van der Waals surface area contributed by atoms with E-state index in [1.165, 1.54) is 38.5 Å². The van der Waals surface area contributed by atoms with Crippen molar-refractivity contribution in [3.63, 3.8) is 0 Å². The van der Waals surface area contributed by atoms with E-state index in [0.29, 0.717) is 0 Å². The van der Waals surface area contributed by atoms with Crippen molar-refractivity contribution in [1.29, 1.82) is 0 Å². The Morgan fingerprint density at radius 1 is 0.667 bits per heavy atom. The third-order valence-corrected chi connectivity index (χ3v) is 1.82. The van der Waals surface area contributed by atoms with Crippen molar-refractivity contribution in [1.82, 2.24) is 0 Å². The van der Waals surface area contributed by atoms with Crippen LogP contribution < -0.4 is 0 Å². The summed E-state index contributed by atoms with van der Waals surface area (Å²) in [6, 6.07) is 0. The number of hydrogen-bond acceptors (Lipinski definition) is 2. The Morgan fingerprint density at radius 3 is 1.42 bits per heavy atom. The lowest BCUT2D eigenvalue weighted by atomic mass is 10.2. The second kappa shape index (κ2) is 10.6. The van der Waals surface area contributed by atoms with E-state index in [0.717, 1.165) is 13.1 Å². The Hall–Kier alpha value is -0.400. The number of unbranched alkanes of at least 4 members (excludes halogenated alkanes) is 4. The Morgan fingerprint density at radius 2 is 1.08 bits per heavy atom. The van der Waals surface area contributed by atoms with E-state index >= 15 is 0 Å². The largest absolute Gasteiger partial charge is 0.194 e. The van der Waals surface area contributed by atoms with Gasteiger partial charge in [-0.1, -0.05) is 39.5 Å². The minimum Gasteiger partial charge on any atom is -0.194 e. The van der Waals surface area contributed by atoms with Gasteiger partial charge in [0.15, 0.2) is 0 Å². The zero-order valence-corrected chi connectivity index (χ0v) is 8.55. The molecule has 72 valence electrons. The summed E-state index contributed by atoms with van der Waals surface area (Å²) in [7, 11) is 0. The molecule has 0 spiro atoms. The van der Waals surface area contributed by atoms with Crippen molar-refractivity contribution in [3.05, 3.63) is 0 Å². The summed E-state index contributed by atoms with van der Waals surface area (Å²) in [6.45, 7) is 6.27. The standard InChI is InChI=1S/C10H22N2/c1-3-5-7-9-11-12-10-8-6-4-2/h3-10H2,1-2H3. The molecule has 0 saturated heterocycles. The zero-order chi connectivity index (χ0) is 9.07. The number of azo groups is 1. The predicted octanol–water partition coefficient (Wildman–Crippen LogP) is 3.82. The SMILES string of the molecule is CCCCCN=NCCCCC. The normalized spacial score (nSPS) is 11.2. The van der Waals surface area contributed by atoms with Gasteiger partial charge >= 0.3 is 0 Å². The van der Waals surface area contributed by atoms with Gasteiger partial charge in [-0.3, -0.25) is 0 Å². The van der Waals surface area contributed by atoms with Crippen molar-refractivity contribution >= 4 is 0 Å².